The Bertz CT molecular complexity index is 1440. The van der Waals surface area contributed by atoms with E-state index < -0.39 is 0 Å². The second-order valence-electron chi connectivity index (χ2n) is 9.73. The Balaban J connectivity index is 1.33. The number of aryl methyl sites for hydroxylation is 1. The standard InChI is InChI=1S/C31H29N3O3/c1-22-9-7-10-23(19-22)31-28-15-8-18-32(28)26-13-5-6-14-27(26)34(31)29(35)20-33(24-16-17-24)30(36)21-37-25-11-3-2-4-12-25/h2-15,18-19,24,31H,16-17,20-21H2,1H3. The van der Waals surface area contributed by atoms with E-state index in [1.165, 1.54) is 0 Å². The second-order valence-corrected chi connectivity index (χ2v) is 9.73. The van der Waals surface area contributed by atoms with E-state index in [0.717, 1.165) is 41.0 Å². The van der Waals surface area contributed by atoms with Gasteiger partial charge in [0.05, 0.1) is 17.1 Å². The van der Waals surface area contributed by atoms with Gasteiger partial charge in [0.1, 0.15) is 18.3 Å². The first-order valence-corrected chi connectivity index (χ1v) is 12.7. The average Bonchev–Trinajstić information content (AvgIpc) is 3.65. The van der Waals surface area contributed by atoms with Crippen LogP contribution < -0.4 is 9.64 Å². The maximum Gasteiger partial charge on any atom is 0.261 e. The number of anilines is 1. The van der Waals surface area contributed by atoms with Crippen molar-refractivity contribution in [2.24, 2.45) is 0 Å². The SMILES string of the molecule is Cc1cccc(C2c3cccn3-c3ccccc3N2C(=O)CN(C(=O)COc2ccccc2)C2CC2)c1. The zero-order chi connectivity index (χ0) is 25.4. The van der Waals surface area contributed by atoms with Crippen LogP contribution in [-0.2, 0) is 9.59 Å². The number of benzene rings is 3. The highest BCUT2D eigenvalue weighted by molar-refractivity contribution is 6.00. The molecular weight excluding hydrogens is 462 g/mol. The summed E-state index contributed by atoms with van der Waals surface area (Å²) in [5.74, 6) is 0.370. The normalized spacial score (nSPS) is 16.0. The number of aromatic nitrogens is 1. The van der Waals surface area contributed by atoms with E-state index in [0.29, 0.717) is 5.75 Å². The number of rotatable bonds is 7. The summed E-state index contributed by atoms with van der Waals surface area (Å²) < 4.78 is 7.89. The molecule has 3 aromatic carbocycles. The number of carbonyl (C=O) groups is 2. The Morgan fingerprint density at radius 2 is 1.65 bits per heavy atom. The Morgan fingerprint density at radius 1 is 0.892 bits per heavy atom. The summed E-state index contributed by atoms with van der Waals surface area (Å²) in [6.07, 6.45) is 3.86. The van der Waals surface area contributed by atoms with Crippen LogP contribution in [0.2, 0.25) is 0 Å². The summed E-state index contributed by atoms with van der Waals surface area (Å²) >= 11 is 0. The summed E-state index contributed by atoms with van der Waals surface area (Å²) in [6.45, 7) is 1.99. The lowest BCUT2D eigenvalue weighted by atomic mass is 9.96. The van der Waals surface area contributed by atoms with Crippen molar-refractivity contribution in [3.63, 3.8) is 0 Å². The monoisotopic (exact) mass is 491 g/mol. The Labute approximate surface area is 216 Å². The van der Waals surface area contributed by atoms with Gasteiger partial charge in [-0.2, -0.15) is 0 Å². The molecule has 186 valence electrons. The van der Waals surface area contributed by atoms with Gasteiger partial charge in [0, 0.05) is 12.2 Å². The molecule has 1 fully saturated rings. The van der Waals surface area contributed by atoms with Crippen molar-refractivity contribution in [2.75, 3.05) is 18.1 Å². The van der Waals surface area contributed by atoms with Gasteiger partial charge < -0.3 is 14.2 Å². The molecule has 6 nitrogen and oxygen atoms in total. The fourth-order valence-electron chi connectivity index (χ4n) is 5.19. The smallest absolute Gasteiger partial charge is 0.261 e. The number of ether oxygens (including phenoxy) is 1. The van der Waals surface area contributed by atoms with Gasteiger partial charge in [0.25, 0.3) is 5.91 Å². The first-order chi connectivity index (χ1) is 18.1. The molecule has 2 heterocycles. The molecule has 0 spiro atoms. The van der Waals surface area contributed by atoms with Crippen molar-refractivity contribution in [2.45, 2.75) is 31.8 Å². The van der Waals surface area contributed by atoms with Crippen LogP contribution in [0.25, 0.3) is 5.69 Å². The molecule has 4 aromatic rings. The van der Waals surface area contributed by atoms with Crippen molar-refractivity contribution in [3.05, 3.63) is 114 Å². The minimum absolute atomic E-state index is 0.0129. The number of para-hydroxylation sites is 3. The molecular formula is C31H29N3O3. The van der Waals surface area contributed by atoms with Gasteiger partial charge in [-0.15, -0.1) is 0 Å². The lowest BCUT2D eigenvalue weighted by Gasteiger charge is -2.39. The third kappa shape index (κ3) is 4.51. The molecule has 0 N–H and O–H groups in total. The molecule has 2 aliphatic rings. The van der Waals surface area contributed by atoms with Crippen molar-refractivity contribution in [3.8, 4) is 11.4 Å². The van der Waals surface area contributed by atoms with Crippen LogP contribution in [0.1, 0.15) is 35.7 Å². The predicted molar refractivity (Wildman–Crippen MR) is 143 cm³/mol. The molecule has 1 atom stereocenters. The fraction of sp³-hybridized carbons (Fsp3) is 0.226. The molecule has 37 heavy (non-hydrogen) atoms. The third-order valence-electron chi connectivity index (χ3n) is 7.07. The van der Waals surface area contributed by atoms with Crippen molar-refractivity contribution < 1.29 is 14.3 Å². The van der Waals surface area contributed by atoms with Gasteiger partial charge in [0.15, 0.2) is 6.61 Å². The maximum atomic E-state index is 14.2. The van der Waals surface area contributed by atoms with Crippen LogP contribution in [0.15, 0.2) is 97.2 Å². The Hall–Kier alpha value is -4.32. The van der Waals surface area contributed by atoms with E-state index >= 15 is 0 Å². The van der Waals surface area contributed by atoms with E-state index in [2.05, 4.69) is 35.8 Å². The number of nitrogens with zero attached hydrogens (tertiary/aromatic N) is 3. The van der Waals surface area contributed by atoms with Crippen LogP contribution in [0.3, 0.4) is 0 Å². The number of fused-ring (bicyclic) bond motifs is 3. The second kappa shape index (κ2) is 9.62. The molecule has 2 amide bonds. The zero-order valence-corrected chi connectivity index (χ0v) is 20.8. The van der Waals surface area contributed by atoms with Gasteiger partial charge in [0.2, 0.25) is 5.91 Å². The largest absolute Gasteiger partial charge is 0.484 e. The Morgan fingerprint density at radius 3 is 2.41 bits per heavy atom. The zero-order valence-electron chi connectivity index (χ0n) is 20.8. The van der Waals surface area contributed by atoms with Crippen molar-refractivity contribution >= 4 is 17.5 Å². The van der Waals surface area contributed by atoms with Crippen LogP contribution in [0.5, 0.6) is 5.75 Å². The lowest BCUT2D eigenvalue weighted by Crippen LogP contribution is -2.48. The van der Waals surface area contributed by atoms with Gasteiger partial charge in [-0.1, -0.05) is 60.2 Å². The molecule has 1 aromatic heterocycles. The molecule has 1 aliphatic heterocycles. The van der Waals surface area contributed by atoms with Gasteiger partial charge in [-0.25, -0.2) is 0 Å². The van der Waals surface area contributed by atoms with E-state index in [1.54, 1.807) is 4.90 Å². The first-order valence-electron chi connectivity index (χ1n) is 12.7. The molecule has 6 heteroatoms. The highest BCUT2D eigenvalue weighted by Gasteiger charge is 2.40. The summed E-state index contributed by atoms with van der Waals surface area (Å²) in [5, 5.41) is 0. The number of amides is 2. The number of hydrogen-bond acceptors (Lipinski definition) is 3. The quantitative estimate of drug-likeness (QED) is 0.353. The summed E-state index contributed by atoms with van der Waals surface area (Å²) in [7, 11) is 0. The van der Waals surface area contributed by atoms with E-state index in [1.807, 2.05) is 77.8 Å². The van der Waals surface area contributed by atoms with Gasteiger partial charge in [-0.05, 0) is 61.7 Å². The molecule has 1 aliphatic carbocycles. The molecule has 0 saturated heterocycles. The maximum absolute atomic E-state index is 14.2. The molecule has 0 radical (unpaired) electrons. The average molecular weight is 492 g/mol. The fourth-order valence-corrected chi connectivity index (χ4v) is 5.19. The predicted octanol–water partition coefficient (Wildman–Crippen LogP) is 5.29. The van der Waals surface area contributed by atoms with Crippen LogP contribution in [0.4, 0.5) is 5.69 Å². The van der Waals surface area contributed by atoms with Gasteiger partial charge >= 0.3 is 0 Å². The minimum Gasteiger partial charge on any atom is -0.484 e. The summed E-state index contributed by atoms with van der Waals surface area (Å²) in [4.78, 5) is 31.0. The highest BCUT2D eigenvalue weighted by Crippen LogP contribution is 2.42. The Kier molecular flexibility index (Phi) is 6.01. The van der Waals surface area contributed by atoms with Crippen molar-refractivity contribution in [1.29, 1.82) is 0 Å². The molecule has 1 saturated carbocycles. The van der Waals surface area contributed by atoms with Crippen LogP contribution in [-0.4, -0.2) is 40.5 Å². The molecule has 6 rings (SSSR count). The van der Waals surface area contributed by atoms with Crippen LogP contribution in [0, 0.1) is 6.92 Å². The number of carbonyl (C=O) groups excluding carboxylic acids is 2. The highest BCUT2D eigenvalue weighted by atomic mass is 16.5. The van der Waals surface area contributed by atoms with Crippen LogP contribution >= 0.6 is 0 Å². The van der Waals surface area contributed by atoms with E-state index in [9.17, 15) is 9.59 Å². The van der Waals surface area contributed by atoms with E-state index in [-0.39, 0.29) is 37.0 Å². The van der Waals surface area contributed by atoms with Gasteiger partial charge in [-0.3, -0.25) is 14.5 Å². The minimum atomic E-state index is -0.297. The third-order valence-corrected chi connectivity index (χ3v) is 7.07. The lowest BCUT2D eigenvalue weighted by molar-refractivity contribution is -0.137. The summed E-state index contributed by atoms with van der Waals surface area (Å²) in [6, 6.07) is 29.4. The first kappa shape index (κ1) is 23.1. The molecule has 0 bridgehead atoms. The molecule has 1 unspecified atom stereocenters. The summed E-state index contributed by atoms with van der Waals surface area (Å²) in [5.41, 5.74) is 4.99. The number of hydrogen-bond donors (Lipinski definition) is 0. The van der Waals surface area contributed by atoms with E-state index in [4.69, 9.17) is 4.74 Å². The topological polar surface area (TPSA) is 54.8 Å². The van der Waals surface area contributed by atoms with Crippen molar-refractivity contribution in [1.82, 2.24) is 9.47 Å².